The van der Waals surface area contributed by atoms with Crippen LogP contribution in [0, 0.1) is 5.82 Å². The van der Waals surface area contributed by atoms with Gasteiger partial charge in [0.05, 0.1) is 0 Å². The van der Waals surface area contributed by atoms with Gasteiger partial charge >= 0.3 is 0 Å². The summed E-state index contributed by atoms with van der Waals surface area (Å²) in [6.07, 6.45) is 5.02. The smallest absolute Gasteiger partial charge is 0.225 e. The Bertz CT molecular complexity index is 866. The zero-order valence-corrected chi connectivity index (χ0v) is 14.1. The Labute approximate surface area is 150 Å². The van der Waals surface area contributed by atoms with Gasteiger partial charge in [-0.15, -0.1) is 0 Å². The van der Waals surface area contributed by atoms with E-state index < -0.39 is 0 Å². The second kappa shape index (κ2) is 7.30. The molecule has 1 aromatic carbocycles. The maximum atomic E-state index is 13.3. The molecule has 0 bridgehead atoms. The van der Waals surface area contributed by atoms with E-state index in [1.807, 2.05) is 12.1 Å². The number of nitrogens with one attached hydrogen (secondary N) is 1. The molecular formula is C18H18FN7. The fraction of sp³-hybridized carbons (Fsp3) is 0.222. The van der Waals surface area contributed by atoms with Crippen LogP contribution in [0.1, 0.15) is 0 Å². The molecule has 1 saturated heterocycles. The molecule has 1 aliphatic rings. The highest BCUT2D eigenvalue weighted by atomic mass is 19.1. The van der Waals surface area contributed by atoms with Crippen molar-refractivity contribution in [3.63, 3.8) is 0 Å². The van der Waals surface area contributed by atoms with Crippen molar-refractivity contribution in [2.75, 3.05) is 41.3 Å². The van der Waals surface area contributed by atoms with Crippen molar-refractivity contribution in [1.82, 2.24) is 19.9 Å². The molecule has 0 saturated carbocycles. The van der Waals surface area contributed by atoms with Gasteiger partial charge in [0.1, 0.15) is 23.8 Å². The first kappa shape index (κ1) is 16.2. The largest absolute Gasteiger partial charge is 0.353 e. The van der Waals surface area contributed by atoms with Gasteiger partial charge in [0.2, 0.25) is 5.95 Å². The lowest BCUT2D eigenvalue weighted by molar-refractivity contribution is 0.628. The zero-order chi connectivity index (χ0) is 17.8. The monoisotopic (exact) mass is 351 g/mol. The van der Waals surface area contributed by atoms with Gasteiger partial charge in [-0.2, -0.15) is 0 Å². The zero-order valence-electron chi connectivity index (χ0n) is 14.1. The standard InChI is InChI=1S/C18H18FN7/c19-14-3-1-4-15(11-14)24-16-12-17(23-13-22-16)25-7-9-26(10-8-25)18-20-5-2-6-21-18/h1-6,11-13H,7-10H2,(H,22,23,24). The lowest BCUT2D eigenvalue weighted by Crippen LogP contribution is -2.47. The molecule has 1 N–H and O–H groups in total. The molecule has 132 valence electrons. The summed E-state index contributed by atoms with van der Waals surface area (Å²) in [5.74, 6) is 1.94. The second-order valence-corrected chi connectivity index (χ2v) is 5.92. The number of hydrogen-bond donors (Lipinski definition) is 1. The van der Waals surface area contributed by atoms with Crippen molar-refractivity contribution >= 4 is 23.3 Å². The van der Waals surface area contributed by atoms with Gasteiger partial charge in [0, 0.05) is 50.3 Å². The van der Waals surface area contributed by atoms with Gasteiger partial charge in [-0.05, 0) is 24.3 Å². The lowest BCUT2D eigenvalue weighted by Gasteiger charge is -2.35. The maximum absolute atomic E-state index is 13.3. The molecule has 0 spiro atoms. The molecule has 3 aromatic rings. The van der Waals surface area contributed by atoms with Crippen molar-refractivity contribution in [3.8, 4) is 0 Å². The van der Waals surface area contributed by atoms with E-state index in [4.69, 9.17) is 0 Å². The third-order valence-corrected chi connectivity index (χ3v) is 4.19. The highest BCUT2D eigenvalue weighted by molar-refractivity contribution is 5.59. The predicted octanol–water partition coefficient (Wildman–Crippen LogP) is 2.48. The Balaban J connectivity index is 1.43. The number of anilines is 4. The normalized spacial score (nSPS) is 14.3. The van der Waals surface area contributed by atoms with E-state index in [2.05, 4.69) is 35.1 Å². The van der Waals surface area contributed by atoms with Crippen LogP contribution in [-0.4, -0.2) is 46.1 Å². The number of piperazine rings is 1. The first-order valence-corrected chi connectivity index (χ1v) is 8.39. The van der Waals surface area contributed by atoms with Crippen LogP contribution in [0.25, 0.3) is 0 Å². The van der Waals surface area contributed by atoms with Crippen LogP contribution >= 0.6 is 0 Å². The summed E-state index contributed by atoms with van der Waals surface area (Å²) in [6.45, 7) is 3.27. The molecule has 0 unspecified atom stereocenters. The van der Waals surface area contributed by atoms with Gasteiger partial charge in [-0.25, -0.2) is 24.3 Å². The van der Waals surface area contributed by atoms with Crippen LogP contribution < -0.4 is 15.1 Å². The van der Waals surface area contributed by atoms with E-state index in [9.17, 15) is 4.39 Å². The van der Waals surface area contributed by atoms with E-state index in [1.165, 1.54) is 18.5 Å². The van der Waals surface area contributed by atoms with Crippen LogP contribution in [-0.2, 0) is 0 Å². The highest BCUT2D eigenvalue weighted by Gasteiger charge is 2.20. The fourth-order valence-electron chi connectivity index (χ4n) is 2.89. The quantitative estimate of drug-likeness (QED) is 0.774. The molecule has 3 heterocycles. The fourth-order valence-corrected chi connectivity index (χ4v) is 2.89. The van der Waals surface area contributed by atoms with Crippen LogP contribution in [0.2, 0.25) is 0 Å². The van der Waals surface area contributed by atoms with Crippen LogP contribution in [0.4, 0.5) is 27.7 Å². The molecule has 26 heavy (non-hydrogen) atoms. The number of rotatable bonds is 4. The van der Waals surface area contributed by atoms with E-state index in [1.54, 1.807) is 24.5 Å². The van der Waals surface area contributed by atoms with Crippen molar-refractivity contribution in [2.24, 2.45) is 0 Å². The summed E-state index contributed by atoms with van der Waals surface area (Å²) in [4.78, 5) is 21.5. The number of nitrogens with zero attached hydrogens (tertiary/aromatic N) is 6. The van der Waals surface area contributed by atoms with E-state index >= 15 is 0 Å². The Morgan fingerprint density at radius 1 is 0.846 bits per heavy atom. The molecule has 1 fully saturated rings. The summed E-state index contributed by atoms with van der Waals surface area (Å²) in [5.41, 5.74) is 0.653. The first-order chi connectivity index (χ1) is 12.8. The number of hydrogen-bond acceptors (Lipinski definition) is 7. The number of benzene rings is 1. The molecular weight excluding hydrogens is 333 g/mol. The SMILES string of the molecule is Fc1cccc(Nc2cc(N3CCN(c4ncccn4)CC3)ncn2)c1. The second-order valence-electron chi connectivity index (χ2n) is 5.92. The van der Waals surface area contributed by atoms with Crippen molar-refractivity contribution in [1.29, 1.82) is 0 Å². The molecule has 2 aromatic heterocycles. The highest BCUT2D eigenvalue weighted by Crippen LogP contribution is 2.21. The minimum Gasteiger partial charge on any atom is -0.353 e. The summed E-state index contributed by atoms with van der Waals surface area (Å²) in [5, 5.41) is 3.11. The maximum Gasteiger partial charge on any atom is 0.225 e. The Morgan fingerprint density at radius 2 is 1.62 bits per heavy atom. The number of aromatic nitrogens is 4. The number of halogens is 1. The molecule has 7 nitrogen and oxygen atoms in total. The molecule has 8 heteroatoms. The summed E-state index contributed by atoms with van der Waals surface area (Å²) in [6, 6.07) is 9.98. The van der Waals surface area contributed by atoms with Gasteiger partial charge in [0.25, 0.3) is 0 Å². The summed E-state index contributed by atoms with van der Waals surface area (Å²) >= 11 is 0. The van der Waals surface area contributed by atoms with Crippen LogP contribution in [0.5, 0.6) is 0 Å². The molecule has 0 radical (unpaired) electrons. The summed E-state index contributed by atoms with van der Waals surface area (Å²) < 4.78 is 13.3. The van der Waals surface area contributed by atoms with Crippen molar-refractivity contribution < 1.29 is 4.39 Å². The van der Waals surface area contributed by atoms with Gasteiger partial charge in [0.15, 0.2) is 0 Å². The average molecular weight is 351 g/mol. The Hall–Kier alpha value is -3.29. The van der Waals surface area contributed by atoms with Gasteiger partial charge < -0.3 is 15.1 Å². The van der Waals surface area contributed by atoms with Crippen molar-refractivity contribution in [2.45, 2.75) is 0 Å². The third kappa shape index (κ3) is 3.69. The predicted molar refractivity (Wildman–Crippen MR) is 98.2 cm³/mol. The molecule has 1 aliphatic heterocycles. The Kier molecular flexibility index (Phi) is 4.55. The molecule has 4 rings (SSSR count). The minimum absolute atomic E-state index is 0.288. The molecule has 0 aliphatic carbocycles. The molecule has 0 amide bonds. The first-order valence-electron chi connectivity index (χ1n) is 8.39. The lowest BCUT2D eigenvalue weighted by atomic mass is 10.3. The average Bonchev–Trinajstić information content (AvgIpc) is 2.69. The third-order valence-electron chi connectivity index (χ3n) is 4.19. The molecule has 0 atom stereocenters. The topological polar surface area (TPSA) is 70.1 Å². The Morgan fingerprint density at radius 3 is 2.38 bits per heavy atom. The van der Waals surface area contributed by atoms with E-state index in [0.29, 0.717) is 11.5 Å². The van der Waals surface area contributed by atoms with Crippen LogP contribution in [0.3, 0.4) is 0 Å². The van der Waals surface area contributed by atoms with Gasteiger partial charge in [-0.3, -0.25) is 0 Å². The van der Waals surface area contributed by atoms with Gasteiger partial charge in [-0.1, -0.05) is 6.07 Å². The van der Waals surface area contributed by atoms with Crippen molar-refractivity contribution in [3.05, 3.63) is 60.9 Å². The minimum atomic E-state index is -0.288. The summed E-state index contributed by atoms with van der Waals surface area (Å²) in [7, 11) is 0. The van der Waals surface area contributed by atoms with E-state index in [-0.39, 0.29) is 5.82 Å². The van der Waals surface area contributed by atoms with Crippen LogP contribution in [0.15, 0.2) is 55.1 Å². The van der Waals surface area contributed by atoms with E-state index in [0.717, 1.165) is 37.9 Å².